The first-order valence-corrected chi connectivity index (χ1v) is 8.77. The molecule has 1 heterocycles. The Bertz CT molecular complexity index is 684. The van der Waals surface area contributed by atoms with Gasteiger partial charge in [0.1, 0.15) is 0 Å². The Balaban J connectivity index is 1.58. The highest BCUT2D eigenvalue weighted by Crippen LogP contribution is 2.25. The molecular weight excluding hydrogens is 314 g/mol. The van der Waals surface area contributed by atoms with Gasteiger partial charge in [0.2, 0.25) is 0 Å². The third-order valence-electron chi connectivity index (χ3n) is 5.03. The lowest BCUT2D eigenvalue weighted by Gasteiger charge is -2.38. The van der Waals surface area contributed by atoms with Gasteiger partial charge in [-0.1, -0.05) is 42.5 Å². The number of piperidine rings is 1. The summed E-state index contributed by atoms with van der Waals surface area (Å²) in [5.74, 6) is -0.342. The van der Waals surface area contributed by atoms with Crippen molar-refractivity contribution in [2.75, 3.05) is 20.2 Å². The van der Waals surface area contributed by atoms with E-state index in [-0.39, 0.29) is 6.10 Å². The van der Waals surface area contributed by atoms with Gasteiger partial charge in [-0.05, 0) is 48.6 Å². The van der Waals surface area contributed by atoms with Gasteiger partial charge in [-0.15, -0.1) is 0 Å². The van der Waals surface area contributed by atoms with Gasteiger partial charge in [0.05, 0.1) is 11.7 Å². The summed E-state index contributed by atoms with van der Waals surface area (Å²) in [5.41, 5.74) is 2.84. The summed E-state index contributed by atoms with van der Waals surface area (Å²) in [5, 5.41) is 8.99. The molecular formula is C21H25NO3. The van der Waals surface area contributed by atoms with Crippen molar-refractivity contribution in [1.29, 1.82) is 0 Å². The van der Waals surface area contributed by atoms with Crippen LogP contribution >= 0.6 is 0 Å². The molecule has 1 N–H and O–H groups in total. The number of rotatable bonds is 6. The second-order valence-electron chi connectivity index (χ2n) is 6.75. The highest BCUT2D eigenvalue weighted by atomic mass is 16.5. The molecule has 4 heteroatoms. The van der Waals surface area contributed by atoms with Crippen LogP contribution in [-0.4, -0.2) is 42.3 Å². The van der Waals surface area contributed by atoms with Crippen molar-refractivity contribution in [2.45, 2.75) is 25.5 Å². The smallest absolute Gasteiger partial charge is 0.335 e. The predicted octanol–water partition coefficient (Wildman–Crippen LogP) is 3.46. The van der Waals surface area contributed by atoms with Crippen LogP contribution in [0.15, 0.2) is 54.6 Å². The van der Waals surface area contributed by atoms with Crippen molar-refractivity contribution in [3.8, 4) is 0 Å². The average molecular weight is 339 g/mol. The van der Waals surface area contributed by atoms with E-state index in [0.717, 1.165) is 38.0 Å². The molecule has 1 fully saturated rings. The Kier molecular flexibility index (Phi) is 5.84. The highest BCUT2D eigenvalue weighted by molar-refractivity contribution is 5.87. The molecule has 0 unspecified atom stereocenters. The first-order valence-electron chi connectivity index (χ1n) is 8.77. The molecule has 4 nitrogen and oxygen atoms in total. The van der Waals surface area contributed by atoms with E-state index in [1.165, 1.54) is 5.56 Å². The SMILES string of the molecule is CO[C@@H]1CN(Cc2ccc(C(=O)O)cc2)CC[C@@H]1Cc1ccccc1. The van der Waals surface area contributed by atoms with E-state index in [2.05, 4.69) is 35.2 Å². The number of carbonyl (C=O) groups is 1. The monoisotopic (exact) mass is 339 g/mol. The van der Waals surface area contributed by atoms with Gasteiger partial charge in [-0.3, -0.25) is 4.90 Å². The zero-order valence-electron chi connectivity index (χ0n) is 14.6. The molecule has 0 spiro atoms. The Morgan fingerprint density at radius 1 is 1.12 bits per heavy atom. The molecule has 1 aliphatic heterocycles. The molecule has 0 amide bonds. The Morgan fingerprint density at radius 3 is 2.48 bits per heavy atom. The minimum Gasteiger partial charge on any atom is -0.478 e. The van der Waals surface area contributed by atoms with Crippen molar-refractivity contribution >= 4 is 5.97 Å². The number of nitrogens with zero attached hydrogens (tertiary/aromatic N) is 1. The van der Waals surface area contributed by atoms with Crippen LogP contribution in [0.3, 0.4) is 0 Å². The summed E-state index contributed by atoms with van der Waals surface area (Å²) in [6, 6.07) is 17.8. The van der Waals surface area contributed by atoms with E-state index < -0.39 is 5.97 Å². The average Bonchev–Trinajstić information content (AvgIpc) is 2.64. The van der Waals surface area contributed by atoms with E-state index in [4.69, 9.17) is 9.84 Å². The van der Waals surface area contributed by atoms with Crippen LogP contribution in [-0.2, 0) is 17.7 Å². The number of carboxylic acids is 1. The second-order valence-corrected chi connectivity index (χ2v) is 6.75. The zero-order chi connectivity index (χ0) is 17.6. The van der Waals surface area contributed by atoms with Gasteiger partial charge in [0, 0.05) is 20.2 Å². The summed E-state index contributed by atoms with van der Waals surface area (Å²) >= 11 is 0. The molecule has 0 aliphatic carbocycles. The zero-order valence-corrected chi connectivity index (χ0v) is 14.6. The van der Waals surface area contributed by atoms with E-state index in [0.29, 0.717) is 11.5 Å². The summed E-state index contributed by atoms with van der Waals surface area (Å²) in [6.45, 7) is 2.78. The predicted molar refractivity (Wildman–Crippen MR) is 97.7 cm³/mol. The Morgan fingerprint density at radius 2 is 1.84 bits per heavy atom. The fraction of sp³-hybridized carbons (Fsp3) is 0.381. The number of carboxylic acid groups (broad SMARTS) is 1. The molecule has 0 bridgehead atoms. The molecule has 1 aliphatic rings. The lowest BCUT2D eigenvalue weighted by atomic mass is 9.87. The maximum atomic E-state index is 10.9. The number of likely N-dealkylation sites (tertiary alicyclic amines) is 1. The van der Waals surface area contributed by atoms with E-state index in [9.17, 15) is 4.79 Å². The van der Waals surface area contributed by atoms with Gasteiger partial charge >= 0.3 is 5.97 Å². The number of hydrogen-bond acceptors (Lipinski definition) is 3. The Labute approximate surface area is 149 Å². The van der Waals surface area contributed by atoms with Crippen LogP contribution < -0.4 is 0 Å². The standard InChI is InChI=1S/C21H25NO3/c1-25-20-15-22(14-17-7-9-18(10-8-17)21(23)24)12-11-19(20)13-16-5-3-2-4-6-16/h2-10,19-20H,11-15H2,1H3,(H,23,24)/t19-,20-/m1/s1. The van der Waals surface area contributed by atoms with Gasteiger partial charge in [-0.25, -0.2) is 4.79 Å². The Hall–Kier alpha value is -2.17. The lowest BCUT2D eigenvalue weighted by molar-refractivity contribution is -0.0136. The third-order valence-corrected chi connectivity index (χ3v) is 5.03. The minimum absolute atomic E-state index is 0.229. The molecule has 2 aromatic carbocycles. The number of ether oxygens (including phenoxy) is 1. The normalized spacial score (nSPS) is 21.2. The highest BCUT2D eigenvalue weighted by Gasteiger charge is 2.29. The van der Waals surface area contributed by atoms with Crippen molar-refractivity contribution in [3.63, 3.8) is 0 Å². The van der Waals surface area contributed by atoms with Gasteiger partial charge in [0.15, 0.2) is 0 Å². The van der Waals surface area contributed by atoms with E-state index in [1.807, 2.05) is 12.1 Å². The van der Waals surface area contributed by atoms with Crippen LogP contribution in [0.25, 0.3) is 0 Å². The molecule has 0 radical (unpaired) electrons. The molecule has 1 saturated heterocycles. The second kappa shape index (κ2) is 8.28. The molecule has 25 heavy (non-hydrogen) atoms. The van der Waals surface area contributed by atoms with Crippen molar-refractivity contribution < 1.29 is 14.6 Å². The summed E-state index contributed by atoms with van der Waals surface area (Å²) in [4.78, 5) is 13.3. The van der Waals surface area contributed by atoms with Crippen molar-refractivity contribution in [1.82, 2.24) is 4.90 Å². The van der Waals surface area contributed by atoms with Gasteiger partial charge in [-0.2, -0.15) is 0 Å². The number of hydrogen-bond donors (Lipinski definition) is 1. The van der Waals surface area contributed by atoms with Crippen LogP contribution in [0.1, 0.15) is 27.9 Å². The van der Waals surface area contributed by atoms with Crippen LogP contribution in [0, 0.1) is 5.92 Å². The number of methoxy groups -OCH3 is 1. The molecule has 0 aromatic heterocycles. The maximum Gasteiger partial charge on any atom is 0.335 e. The summed E-state index contributed by atoms with van der Waals surface area (Å²) < 4.78 is 5.78. The quantitative estimate of drug-likeness (QED) is 0.875. The van der Waals surface area contributed by atoms with Gasteiger partial charge < -0.3 is 9.84 Å². The van der Waals surface area contributed by atoms with Crippen LogP contribution in [0.4, 0.5) is 0 Å². The lowest BCUT2D eigenvalue weighted by Crippen LogP contribution is -2.45. The fourth-order valence-electron chi connectivity index (χ4n) is 3.60. The fourth-order valence-corrected chi connectivity index (χ4v) is 3.60. The largest absolute Gasteiger partial charge is 0.478 e. The molecule has 0 saturated carbocycles. The summed E-state index contributed by atoms with van der Waals surface area (Å²) in [6.07, 6.45) is 2.40. The molecule has 132 valence electrons. The van der Waals surface area contributed by atoms with E-state index in [1.54, 1.807) is 19.2 Å². The van der Waals surface area contributed by atoms with E-state index >= 15 is 0 Å². The minimum atomic E-state index is -0.882. The molecule has 3 rings (SSSR count). The van der Waals surface area contributed by atoms with Crippen molar-refractivity contribution in [3.05, 3.63) is 71.3 Å². The topological polar surface area (TPSA) is 49.8 Å². The maximum absolute atomic E-state index is 10.9. The number of aromatic carboxylic acids is 1. The molecule has 2 atom stereocenters. The van der Waals surface area contributed by atoms with Crippen LogP contribution in [0.5, 0.6) is 0 Å². The van der Waals surface area contributed by atoms with Crippen LogP contribution in [0.2, 0.25) is 0 Å². The first-order chi connectivity index (χ1) is 12.2. The van der Waals surface area contributed by atoms with Gasteiger partial charge in [0.25, 0.3) is 0 Å². The third kappa shape index (κ3) is 4.68. The summed E-state index contributed by atoms with van der Waals surface area (Å²) in [7, 11) is 1.80. The van der Waals surface area contributed by atoms with Crippen molar-refractivity contribution in [2.24, 2.45) is 5.92 Å². The number of benzene rings is 2. The molecule has 2 aromatic rings. The first kappa shape index (κ1) is 17.6.